The average Bonchev–Trinajstić information content (AvgIpc) is 2.97. The summed E-state index contributed by atoms with van der Waals surface area (Å²) in [5.74, 6) is -0.0730. The number of ether oxygens (including phenoxy) is 1. The van der Waals surface area contributed by atoms with Crippen LogP contribution in [0.4, 0.5) is 11.5 Å². The first-order valence-corrected chi connectivity index (χ1v) is 8.74. The predicted octanol–water partition coefficient (Wildman–Crippen LogP) is 3.02. The number of nitrogens with zero attached hydrogens (tertiary/aromatic N) is 3. The largest absolute Gasteiger partial charge is 0.465 e. The summed E-state index contributed by atoms with van der Waals surface area (Å²) in [5.41, 5.74) is 1.31. The van der Waals surface area contributed by atoms with Crippen LogP contribution in [0.2, 0.25) is 0 Å². The molecule has 1 N–H and O–H groups in total. The molecule has 3 rings (SSSR count). The van der Waals surface area contributed by atoms with Gasteiger partial charge in [0.2, 0.25) is 0 Å². The standard InChI is InChI=1S/C19H22N4O3/c1-26-19(25)14-8-4-5-9-15(14)22-17-12-16(20-13-21-17)18(24)23-10-6-2-3-7-11-23/h4-5,8-9,12-13H,2-3,6-7,10-11H2,1H3,(H,20,21,22). The van der Waals surface area contributed by atoms with E-state index in [-0.39, 0.29) is 5.91 Å². The smallest absolute Gasteiger partial charge is 0.339 e. The van der Waals surface area contributed by atoms with Crippen molar-refractivity contribution in [1.29, 1.82) is 0 Å². The van der Waals surface area contributed by atoms with Crippen LogP contribution in [0.3, 0.4) is 0 Å². The minimum atomic E-state index is -0.442. The van der Waals surface area contributed by atoms with E-state index in [9.17, 15) is 9.59 Å². The van der Waals surface area contributed by atoms with Crippen molar-refractivity contribution in [3.05, 3.63) is 47.9 Å². The number of benzene rings is 1. The van der Waals surface area contributed by atoms with Crippen LogP contribution in [-0.2, 0) is 4.74 Å². The predicted molar refractivity (Wildman–Crippen MR) is 97.5 cm³/mol. The minimum absolute atomic E-state index is 0.0846. The van der Waals surface area contributed by atoms with E-state index in [2.05, 4.69) is 15.3 Å². The monoisotopic (exact) mass is 354 g/mol. The number of anilines is 2. The van der Waals surface area contributed by atoms with Gasteiger partial charge in [-0.15, -0.1) is 0 Å². The Balaban J connectivity index is 1.80. The first-order chi connectivity index (χ1) is 12.7. The lowest BCUT2D eigenvalue weighted by atomic mass is 10.2. The molecule has 0 atom stereocenters. The van der Waals surface area contributed by atoms with Gasteiger partial charge in [0.15, 0.2) is 0 Å². The second-order valence-electron chi connectivity index (χ2n) is 6.16. The molecule has 0 saturated carbocycles. The van der Waals surface area contributed by atoms with Crippen molar-refractivity contribution in [3.8, 4) is 0 Å². The number of hydrogen-bond acceptors (Lipinski definition) is 6. The van der Waals surface area contributed by atoms with Gasteiger partial charge in [-0.1, -0.05) is 25.0 Å². The summed E-state index contributed by atoms with van der Waals surface area (Å²) in [7, 11) is 1.34. The van der Waals surface area contributed by atoms with Crippen LogP contribution in [0.5, 0.6) is 0 Å². The molecule has 0 bridgehead atoms. The van der Waals surface area contributed by atoms with Gasteiger partial charge in [-0.3, -0.25) is 4.79 Å². The van der Waals surface area contributed by atoms with Gasteiger partial charge in [0, 0.05) is 19.2 Å². The molecule has 0 radical (unpaired) electrons. The van der Waals surface area contributed by atoms with Crippen molar-refractivity contribution in [3.63, 3.8) is 0 Å². The molecule has 1 aromatic heterocycles. The van der Waals surface area contributed by atoms with Crippen molar-refractivity contribution >= 4 is 23.4 Å². The maximum Gasteiger partial charge on any atom is 0.339 e. The van der Waals surface area contributed by atoms with E-state index >= 15 is 0 Å². The fourth-order valence-corrected chi connectivity index (χ4v) is 3.00. The van der Waals surface area contributed by atoms with Crippen molar-refractivity contribution in [2.75, 3.05) is 25.5 Å². The lowest BCUT2D eigenvalue weighted by Gasteiger charge is -2.19. The number of aromatic nitrogens is 2. The molecule has 0 spiro atoms. The molecular weight excluding hydrogens is 332 g/mol. The van der Waals surface area contributed by atoms with Gasteiger partial charge >= 0.3 is 5.97 Å². The lowest BCUT2D eigenvalue weighted by Crippen LogP contribution is -2.32. The molecule has 0 unspecified atom stereocenters. The van der Waals surface area contributed by atoms with E-state index in [0.717, 1.165) is 38.8 Å². The number of para-hydroxylation sites is 1. The number of nitrogens with one attached hydrogen (secondary N) is 1. The van der Waals surface area contributed by atoms with Crippen LogP contribution >= 0.6 is 0 Å². The van der Waals surface area contributed by atoms with E-state index in [1.807, 2.05) is 4.90 Å². The highest BCUT2D eigenvalue weighted by molar-refractivity contribution is 5.97. The Bertz CT molecular complexity index is 786. The molecule has 0 aliphatic carbocycles. The highest BCUT2D eigenvalue weighted by Gasteiger charge is 2.19. The first-order valence-electron chi connectivity index (χ1n) is 8.74. The molecule has 2 heterocycles. The Labute approximate surface area is 152 Å². The lowest BCUT2D eigenvalue weighted by molar-refractivity contribution is 0.0601. The quantitative estimate of drug-likeness (QED) is 0.850. The van der Waals surface area contributed by atoms with Crippen LogP contribution in [0.15, 0.2) is 36.7 Å². The number of methoxy groups -OCH3 is 1. The Kier molecular flexibility index (Phi) is 5.78. The summed E-state index contributed by atoms with van der Waals surface area (Å²) in [5, 5.41) is 3.08. The number of rotatable bonds is 4. The summed E-state index contributed by atoms with van der Waals surface area (Å²) >= 11 is 0. The molecule has 2 aromatic rings. The van der Waals surface area contributed by atoms with Gasteiger partial charge in [0.05, 0.1) is 18.4 Å². The zero-order valence-corrected chi connectivity index (χ0v) is 14.8. The van der Waals surface area contributed by atoms with E-state index in [4.69, 9.17) is 4.74 Å². The number of carbonyl (C=O) groups excluding carboxylic acids is 2. The second-order valence-corrected chi connectivity index (χ2v) is 6.16. The highest BCUT2D eigenvalue weighted by Crippen LogP contribution is 2.21. The molecule has 7 heteroatoms. The zero-order valence-electron chi connectivity index (χ0n) is 14.8. The summed E-state index contributed by atoms with van der Waals surface area (Å²) in [6.07, 6.45) is 5.71. The third kappa shape index (κ3) is 4.17. The second kappa shape index (κ2) is 8.42. The third-order valence-corrected chi connectivity index (χ3v) is 4.37. The van der Waals surface area contributed by atoms with Crippen molar-refractivity contribution in [2.45, 2.75) is 25.7 Å². The van der Waals surface area contributed by atoms with Gasteiger partial charge < -0.3 is 15.0 Å². The van der Waals surface area contributed by atoms with Crippen molar-refractivity contribution < 1.29 is 14.3 Å². The van der Waals surface area contributed by atoms with Crippen LogP contribution in [0.1, 0.15) is 46.5 Å². The topological polar surface area (TPSA) is 84.4 Å². The summed E-state index contributed by atoms with van der Waals surface area (Å²) in [4.78, 5) is 34.7. The zero-order chi connectivity index (χ0) is 18.4. The molecular formula is C19H22N4O3. The Morgan fingerprint density at radius 3 is 2.54 bits per heavy atom. The van der Waals surface area contributed by atoms with Crippen molar-refractivity contribution in [1.82, 2.24) is 14.9 Å². The molecule has 1 amide bonds. The fraction of sp³-hybridized carbons (Fsp3) is 0.368. The summed E-state index contributed by atoms with van der Waals surface area (Å²) < 4.78 is 4.80. The van der Waals surface area contributed by atoms with Gasteiger partial charge in [-0.2, -0.15) is 0 Å². The normalized spacial score (nSPS) is 14.4. The molecule has 1 aliphatic rings. The molecule has 1 aliphatic heterocycles. The van der Waals surface area contributed by atoms with Gasteiger partial charge in [-0.25, -0.2) is 14.8 Å². The van der Waals surface area contributed by atoms with E-state index < -0.39 is 5.97 Å². The van der Waals surface area contributed by atoms with Gasteiger partial charge in [0.1, 0.15) is 17.8 Å². The molecule has 1 saturated heterocycles. The van der Waals surface area contributed by atoms with Gasteiger partial charge in [0.25, 0.3) is 5.91 Å². The number of likely N-dealkylation sites (tertiary alicyclic amines) is 1. The van der Waals surface area contributed by atoms with E-state index in [1.54, 1.807) is 30.3 Å². The highest BCUT2D eigenvalue weighted by atomic mass is 16.5. The molecule has 26 heavy (non-hydrogen) atoms. The maximum absolute atomic E-state index is 12.7. The van der Waals surface area contributed by atoms with E-state index in [1.165, 1.54) is 13.4 Å². The van der Waals surface area contributed by atoms with Gasteiger partial charge in [-0.05, 0) is 25.0 Å². The molecule has 136 valence electrons. The molecule has 1 aromatic carbocycles. The van der Waals surface area contributed by atoms with Crippen LogP contribution in [0, 0.1) is 0 Å². The Morgan fingerprint density at radius 2 is 1.81 bits per heavy atom. The van der Waals surface area contributed by atoms with Crippen LogP contribution in [0.25, 0.3) is 0 Å². The van der Waals surface area contributed by atoms with E-state index in [0.29, 0.717) is 22.8 Å². The Hall–Kier alpha value is -2.96. The maximum atomic E-state index is 12.7. The number of esters is 1. The fourth-order valence-electron chi connectivity index (χ4n) is 3.00. The number of amides is 1. The summed E-state index contributed by atoms with van der Waals surface area (Å²) in [6, 6.07) is 8.59. The van der Waals surface area contributed by atoms with Crippen molar-refractivity contribution in [2.24, 2.45) is 0 Å². The summed E-state index contributed by atoms with van der Waals surface area (Å²) in [6.45, 7) is 1.52. The average molecular weight is 354 g/mol. The van der Waals surface area contributed by atoms with Crippen LogP contribution < -0.4 is 5.32 Å². The SMILES string of the molecule is COC(=O)c1ccccc1Nc1cc(C(=O)N2CCCCCC2)ncn1. The molecule has 1 fully saturated rings. The number of carbonyl (C=O) groups is 2. The minimum Gasteiger partial charge on any atom is -0.465 e. The number of hydrogen-bond donors (Lipinski definition) is 1. The van der Waals surface area contributed by atoms with Crippen LogP contribution in [-0.4, -0.2) is 46.9 Å². The first kappa shape index (κ1) is 17.8. The Morgan fingerprint density at radius 1 is 1.08 bits per heavy atom. The molecule has 7 nitrogen and oxygen atoms in total. The third-order valence-electron chi connectivity index (χ3n) is 4.37.